The van der Waals surface area contributed by atoms with Crippen molar-refractivity contribution in [3.05, 3.63) is 30.1 Å². The van der Waals surface area contributed by atoms with Gasteiger partial charge in [-0.1, -0.05) is 6.07 Å². The number of rotatable bonds is 7. The predicted octanol–water partition coefficient (Wildman–Crippen LogP) is 1.89. The normalized spacial score (nSPS) is 23.0. The molecule has 2 saturated heterocycles. The molecule has 3 heterocycles. The number of pyridine rings is 1. The zero-order chi connectivity index (χ0) is 18.4. The highest BCUT2D eigenvalue weighted by atomic mass is 16.5. The van der Waals surface area contributed by atoms with Gasteiger partial charge in [-0.2, -0.15) is 0 Å². The molecular formula is C20H29N3O3. The molecule has 6 heteroatoms. The van der Waals surface area contributed by atoms with Gasteiger partial charge in [-0.15, -0.1) is 0 Å². The molecule has 0 aromatic carbocycles. The van der Waals surface area contributed by atoms with E-state index in [1.807, 2.05) is 28.0 Å². The summed E-state index contributed by atoms with van der Waals surface area (Å²) in [4.78, 5) is 33.2. The van der Waals surface area contributed by atoms with Crippen molar-refractivity contribution in [2.45, 2.75) is 44.6 Å². The molecule has 1 aromatic heterocycles. The minimum atomic E-state index is 0.205. The molecular weight excluding hydrogens is 330 g/mol. The van der Waals surface area contributed by atoms with Gasteiger partial charge >= 0.3 is 0 Å². The molecule has 0 N–H and O–H groups in total. The number of fused-ring (bicyclic) bond motifs is 1. The number of hydrogen-bond donors (Lipinski definition) is 0. The molecule has 0 bridgehead atoms. The molecule has 2 aliphatic heterocycles. The summed E-state index contributed by atoms with van der Waals surface area (Å²) in [5.74, 6) is 0.872. The van der Waals surface area contributed by atoms with E-state index in [2.05, 4.69) is 4.98 Å². The maximum atomic E-state index is 12.6. The molecule has 142 valence electrons. The van der Waals surface area contributed by atoms with E-state index in [1.54, 1.807) is 13.3 Å². The Hall–Kier alpha value is -1.95. The van der Waals surface area contributed by atoms with Gasteiger partial charge in [-0.05, 0) is 43.7 Å². The zero-order valence-electron chi connectivity index (χ0n) is 15.6. The number of ether oxygens (including phenoxy) is 1. The standard InChI is InChI=1S/C20H29N3O3/c1-26-14-4-12-23-18-10-13-22(15-16(18)6-8-20(23)25)19(24)9-7-17-5-2-3-11-21-17/h2-3,5,11,16,18H,4,6-10,12-15H2,1H3/t16-,18+/m0/s1. The highest BCUT2D eigenvalue weighted by Gasteiger charge is 2.39. The molecule has 0 aliphatic carbocycles. The summed E-state index contributed by atoms with van der Waals surface area (Å²) in [7, 11) is 1.69. The van der Waals surface area contributed by atoms with E-state index in [4.69, 9.17) is 4.74 Å². The van der Waals surface area contributed by atoms with Crippen LogP contribution in [0.15, 0.2) is 24.4 Å². The summed E-state index contributed by atoms with van der Waals surface area (Å²) >= 11 is 0. The third kappa shape index (κ3) is 4.61. The van der Waals surface area contributed by atoms with Crippen LogP contribution in [0.3, 0.4) is 0 Å². The van der Waals surface area contributed by atoms with E-state index < -0.39 is 0 Å². The highest BCUT2D eigenvalue weighted by molar-refractivity contribution is 5.78. The Kier molecular flexibility index (Phi) is 6.61. The maximum Gasteiger partial charge on any atom is 0.222 e. The van der Waals surface area contributed by atoms with Crippen LogP contribution >= 0.6 is 0 Å². The van der Waals surface area contributed by atoms with E-state index in [9.17, 15) is 9.59 Å². The van der Waals surface area contributed by atoms with Gasteiger partial charge in [0.1, 0.15) is 0 Å². The smallest absolute Gasteiger partial charge is 0.222 e. The lowest BCUT2D eigenvalue weighted by Gasteiger charge is -2.47. The number of aromatic nitrogens is 1. The minimum Gasteiger partial charge on any atom is -0.385 e. The van der Waals surface area contributed by atoms with Crippen LogP contribution in [0.25, 0.3) is 0 Å². The number of carbonyl (C=O) groups excluding carboxylic acids is 2. The van der Waals surface area contributed by atoms with Gasteiger partial charge in [0, 0.05) is 64.1 Å². The number of hydrogen-bond acceptors (Lipinski definition) is 4. The Labute approximate surface area is 155 Å². The summed E-state index contributed by atoms with van der Waals surface area (Å²) in [6.45, 7) is 2.97. The molecule has 0 spiro atoms. The van der Waals surface area contributed by atoms with Crippen LogP contribution in [0.2, 0.25) is 0 Å². The maximum absolute atomic E-state index is 12.6. The summed E-state index contributed by atoms with van der Waals surface area (Å²) in [5.41, 5.74) is 0.961. The fourth-order valence-corrected chi connectivity index (χ4v) is 4.19. The van der Waals surface area contributed by atoms with Crippen molar-refractivity contribution in [1.82, 2.24) is 14.8 Å². The van der Waals surface area contributed by atoms with Crippen LogP contribution in [0.5, 0.6) is 0 Å². The number of methoxy groups -OCH3 is 1. The Morgan fingerprint density at radius 3 is 3.00 bits per heavy atom. The number of piperidine rings is 2. The first-order valence-corrected chi connectivity index (χ1v) is 9.65. The molecule has 1 aromatic rings. The van der Waals surface area contributed by atoms with Crippen molar-refractivity contribution in [2.75, 3.05) is 33.4 Å². The quantitative estimate of drug-likeness (QED) is 0.698. The molecule has 0 unspecified atom stereocenters. The third-order valence-corrected chi connectivity index (χ3v) is 5.56. The van der Waals surface area contributed by atoms with Crippen LogP contribution in [-0.4, -0.2) is 66.0 Å². The van der Waals surface area contributed by atoms with Crippen LogP contribution in [0, 0.1) is 5.92 Å². The van der Waals surface area contributed by atoms with E-state index in [0.717, 1.165) is 44.6 Å². The van der Waals surface area contributed by atoms with Gasteiger partial charge in [-0.25, -0.2) is 0 Å². The first-order valence-electron chi connectivity index (χ1n) is 9.65. The fourth-order valence-electron chi connectivity index (χ4n) is 4.19. The first kappa shape index (κ1) is 18.8. The Bertz CT molecular complexity index is 608. The summed E-state index contributed by atoms with van der Waals surface area (Å²) in [6.07, 6.45) is 6.22. The molecule has 2 fully saturated rings. The van der Waals surface area contributed by atoms with E-state index in [0.29, 0.717) is 31.8 Å². The topological polar surface area (TPSA) is 62.7 Å². The molecule has 2 amide bonds. The Balaban J connectivity index is 1.52. The third-order valence-electron chi connectivity index (χ3n) is 5.56. The lowest BCUT2D eigenvalue weighted by Crippen LogP contribution is -2.57. The molecule has 0 radical (unpaired) electrons. The fraction of sp³-hybridized carbons (Fsp3) is 0.650. The number of aryl methyl sites for hydroxylation is 1. The predicted molar refractivity (Wildman–Crippen MR) is 98.5 cm³/mol. The van der Waals surface area contributed by atoms with Gasteiger partial charge in [-0.3, -0.25) is 14.6 Å². The molecule has 26 heavy (non-hydrogen) atoms. The molecule has 2 aliphatic rings. The molecule has 3 rings (SSSR count). The van der Waals surface area contributed by atoms with Crippen LogP contribution in [-0.2, 0) is 20.7 Å². The van der Waals surface area contributed by atoms with E-state index in [-0.39, 0.29) is 17.9 Å². The lowest BCUT2D eigenvalue weighted by atomic mass is 9.83. The van der Waals surface area contributed by atoms with Crippen LogP contribution in [0.1, 0.15) is 37.8 Å². The van der Waals surface area contributed by atoms with Crippen molar-refractivity contribution >= 4 is 11.8 Å². The lowest BCUT2D eigenvalue weighted by molar-refractivity contribution is -0.144. The second-order valence-electron chi connectivity index (χ2n) is 7.25. The summed E-state index contributed by atoms with van der Waals surface area (Å²) in [5, 5.41) is 0. The number of amides is 2. The van der Waals surface area contributed by atoms with Crippen LogP contribution < -0.4 is 0 Å². The average molecular weight is 359 g/mol. The number of nitrogens with zero attached hydrogens (tertiary/aromatic N) is 3. The monoisotopic (exact) mass is 359 g/mol. The highest BCUT2D eigenvalue weighted by Crippen LogP contribution is 2.31. The number of carbonyl (C=O) groups is 2. The van der Waals surface area contributed by atoms with Crippen molar-refractivity contribution in [2.24, 2.45) is 5.92 Å². The van der Waals surface area contributed by atoms with Gasteiger partial charge in [0.05, 0.1) is 0 Å². The Morgan fingerprint density at radius 1 is 1.35 bits per heavy atom. The van der Waals surface area contributed by atoms with E-state index in [1.165, 1.54) is 0 Å². The molecule has 0 saturated carbocycles. The largest absolute Gasteiger partial charge is 0.385 e. The van der Waals surface area contributed by atoms with Gasteiger partial charge in [0.25, 0.3) is 0 Å². The summed E-state index contributed by atoms with van der Waals surface area (Å²) < 4.78 is 5.12. The van der Waals surface area contributed by atoms with Crippen molar-refractivity contribution < 1.29 is 14.3 Å². The zero-order valence-corrected chi connectivity index (χ0v) is 15.6. The minimum absolute atomic E-state index is 0.205. The Morgan fingerprint density at radius 2 is 2.23 bits per heavy atom. The molecule has 6 nitrogen and oxygen atoms in total. The average Bonchev–Trinajstić information content (AvgIpc) is 2.68. The van der Waals surface area contributed by atoms with Crippen molar-refractivity contribution in [1.29, 1.82) is 0 Å². The molecule has 2 atom stereocenters. The second kappa shape index (κ2) is 9.12. The van der Waals surface area contributed by atoms with E-state index >= 15 is 0 Å². The van der Waals surface area contributed by atoms with Crippen molar-refractivity contribution in [3.63, 3.8) is 0 Å². The summed E-state index contributed by atoms with van der Waals surface area (Å²) in [6, 6.07) is 6.09. The number of likely N-dealkylation sites (tertiary alicyclic amines) is 2. The van der Waals surface area contributed by atoms with Crippen molar-refractivity contribution in [3.8, 4) is 0 Å². The van der Waals surface area contributed by atoms with Gasteiger partial charge in [0.2, 0.25) is 11.8 Å². The van der Waals surface area contributed by atoms with Gasteiger partial charge < -0.3 is 14.5 Å². The first-order chi connectivity index (χ1) is 12.7. The van der Waals surface area contributed by atoms with Gasteiger partial charge in [0.15, 0.2) is 0 Å². The van der Waals surface area contributed by atoms with Crippen LogP contribution in [0.4, 0.5) is 0 Å². The second-order valence-corrected chi connectivity index (χ2v) is 7.25. The SMILES string of the molecule is COCCCN1C(=O)CC[C@H]2CN(C(=O)CCc3ccccn3)CC[C@H]21.